The van der Waals surface area contributed by atoms with Crippen molar-refractivity contribution in [3.05, 3.63) is 51.9 Å². The third kappa shape index (κ3) is 4.17. The van der Waals surface area contributed by atoms with E-state index < -0.39 is 0 Å². The maximum atomic E-state index is 13.2. The molecule has 2 aromatic heterocycles. The SMILES string of the molecule is CCCN(CCC)C(=O)CCn1cnc2sc(C)c(-c3ccccc3)c2c1=O. The minimum Gasteiger partial charge on any atom is -0.343 e. The number of rotatable bonds is 8. The lowest BCUT2D eigenvalue weighted by Gasteiger charge is -2.21. The highest BCUT2D eigenvalue weighted by Gasteiger charge is 2.18. The fourth-order valence-corrected chi connectivity index (χ4v) is 4.53. The molecule has 1 aromatic carbocycles. The van der Waals surface area contributed by atoms with Crippen LogP contribution in [0, 0.1) is 6.92 Å². The number of benzene rings is 1. The van der Waals surface area contributed by atoms with Crippen molar-refractivity contribution in [2.24, 2.45) is 0 Å². The topological polar surface area (TPSA) is 55.2 Å². The fraction of sp³-hybridized carbons (Fsp3) is 0.409. The van der Waals surface area contributed by atoms with Crippen molar-refractivity contribution in [3.63, 3.8) is 0 Å². The second-order valence-corrected chi connectivity index (χ2v) is 8.16. The average Bonchev–Trinajstić information content (AvgIpc) is 3.04. The van der Waals surface area contributed by atoms with Gasteiger partial charge < -0.3 is 4.90 Å². The van der Waals surface area contributed by atoms with E-state index in [-0.39, 0.29) is 11.5 Å². The van der Waals surface area contributed by atoms with E-state index in [1.165, 1.54) is 11.3 Å². The van der Waals surface area contributed by atoms with Gasteiger partial charge in [0.2, 0.25) is 5.91 Å². The van der Waals surface area contributed by atoms with Crippen LogP contribution in [0.3, 0.4) is 0 Å². The molecule has 0 spiro atoms. The zero-order valence-electron chi connectivity index (χ0n) is 16.8. The molecule has 0 unspecified atom stereocenters. The van der Waals surface area contributed by atoms with E-state index in [1.807, 2.05) is 42.2 Å². The molecular weight excluding hydrogens is 370 g/mol. The van der Waals surface area contributed by atoms with Gasteiger partial charge in [-0.05, 0) is 25.3 Å². The number of hydrogen-bond donors (Lipinski definition) is 0. The number of fused-ring (bicyclic) bond motifs is 1. The summed E-state index contributed by atoms with van der Waals surface area (Å²) in [7, 11) is 0. The standard InChI is InChI=1S/C22H27N3O2S/c1-4-12-24(13-5-2)18(26)11-14-25-15-23-21-20(22(25)27)19(16(3)28-21)17-9-7-6-8-10-17/h6-10,15H,4-5,11-14H2,1-3H3. The summed E-state index contributed by atoms with van der Waals surface area (Å²) in [6.07, 6.45) is 3.77. The Morgan fingerprint density at radius 3 is 2.46 bits per heavy atom. The van der Waals surface area contributed by atoms with Gasteiger partial charge in [-0.15, -0.1) is 11.3 Å². The highest BCUT2D eigenvalue weighted by molar-refractivity contribution is 7.19. The van der Waals surface area contributed by atoms with Crippen molar-refractivity contribution in [1.29, 1.82) is 0 Å². The van der Waals surface area contributed by atoms with Gasteiger partial charge in [-0.25, -0.2) is 4.98 Å². The summed E-state index contributed by atoms with van der Waals surface area (Å²) in [5, 5.41) is 0.655. The Morgan fingerprint density at radius 1 is 1.14 bits per heavy atom. The van der Waals surface area contributed by atoms with Crippen LogP contribution in [-0.2, 0) is 11.3 Å². The molecule has 0 aliphatic heterocycles. The van der Waals surface area contributed by atoms with Crippen molar-refractivity contribution in [3.8, 4) is 11.1 Å². The smallest absolute Gasteiger partial charge is 0.262 e. The van der Waals surface area contributed by atoms with Crippen LogP contribution >= 0.6 is 11.3 Å². The first-order valence-electron chi connectivity index (χ1n) is 9.88. The van der Waals surface area contributed by atoms with Crippen LogP contribution in [0.2, 0.25) is 0 Å². The summed E-state index contributed by atoms with van der Waals surface area (Å²) < 4.78 is 1.58. The number of hydrogen-bond acceptors (Lipinski definition) is 4. The lowest BCUT2D eigenvalue weighted by Crippen LogP contribution is -2.34. The van der Waals surface area contributed by atoms with E-state index in [2.05, 4.69) is 18.8 Å². The highest BCUT2D eigenvalue weighted by Crippen LogP contribution is 2.35. The Bertz CT molecular complexity index is 1000. The van der Waals surface area contributed by atoms with Crippen LogP contribution < -0.4 is 5.56 Å². The van der Waals surface area contributed by atoms with E-state index in [0.29, 0.717) is 18.4 Å². The number of thiophene rings is 1. The Balaban J connectivity index is 1.90. The lowest BCUT2D eigenvalue weighted by atomic mass is 10.0. The third-order valence-corrected chi connectivity index (χ3v) is 5.84. The molecule has 0 aliphatic rings. The Morgan fingerprint density at radius 2 is 1.82 bits per heavy atom. The summed E-state index contributed by atoms with van der Waals surface area (Å²) in [6, 6.07) is 9.95. The molecule has 6 heteroatoms. The molecule has 28 heavy (non-hydrogen) atoms. The Hall–Kier alpha value is -2.47. The van der Waals surface area contributed by atoms with E-state index in [1.54, 1.807) is 10.9 Å². The number of aromatic nitrogens is 2. The van der Waals surface area contributed by atoms with E-state index >= 15 is 0 Å². The van der Waals surface area contributed by atoms with Crippen LogP contribution in [-0.4, -0.2) is 33.4 Å². The average molecular weight is 398 g/mol. The van der Waals surface area contributed by atoms with Crippen molar-refractivity contribution >= 4 is 27.5 Å². The van der Waals surface area contributed by atoms with Gasteiger partial charge in [0.15, 0.2) is 0 Å². The van der Waals surface area contributed by atoms with Crippen molar-refractivity contribution in [2.45, 2.75) is 46.6 Å². The minimum atomic E-state index is -0.0708. The monoisotopic (exact) mass is 397 g/mol. The molecule has 5 nitrogen and oxygen atoms in total. The molecule has 0 saturated carbocycles. The number of nitrogens with zero attached hydrogens (tertiary/aromatic N) is 3. The van der Waals surface area contributed by atoms with Gasteiger partial charge in [0, 0.05) is 36.5 Å². The summed E-state index contributed by atoms with van der Waals surface area (Å²) in [6.45, 7) is 8.05. The summed E-state index contributed by atoms with van der Waals surface area (Å²) in [5.74, 6) is 0.0977. The normalized spacial score (nSPS) is 11.1. The van der Waals surface area contributed by atoms with Gasteiger partial charge in [0.05, 0.1) is 11.7 Å². The molecule has 3 rings (SSSR count). The molecule has 148 valence electrons. The molecule has 0 radical (unpaired) electrons. The van der Waals surface area contributed by atoms with Crippen molar-refractivity contribution in [1.82, 2.24) is 14.5 Å². The summed E-state index contributed by atoms with van der Waals surface area (Å²) in [5.41, 5.74) is 1.91. The van der Waals surface area contributed by atoms with Gasteiger partial charge in [-0.1, -0.05) is 44.2 Å². The van der Waals surface area contributed by atoms with E-state index in [9.17, 15) is 9.59 Å². The van der Waals surface area contributed by atoms with Gasteiger partial charge in [0.1, 0.15) is 4.83 Å². The maximum Gasteiger partial charge on any atom is 0.262 e. The predicted octanol–water partition coefficient (Wildman–Crippen LogP) is 4.47. The first kappa shape index (κ1) is 20.3. The Kier molecular flexibility index (Phi) is 6.62. The predicted molar refractivity (Wildman–Crippen MR) is 116 cm³/mol. The van der Waals surface area contributed by atoms with Gasteiger partial charge in [0.25, 0.3) is 5.56 Å². The largest absolute Gasteiger partial charge is 0.343 e. The molecular formula is C22H27N3O2S. The first-order chi connectivity index (χ1) is 13.6. The molecule has 0 bridgehead atoms. The number of carbonyl (C=O) groups excluding carboxylic acids is 1. The maximum absolute atomic E-state index is 13.2. The van der Waals surface area contributed by atoms with Gasteiger partial charge in [-0.3, -0.25) is 14.2 Å². The molecule has 0 saturated heterocycles. The van der Waals surface area contributed by atoms with Crippen molar-refractivity contribution < 1.29 is 4.79 Å². The zero-order valence-corrected chi connectivity index (χ0v) is 17.6. The van der Waals surface area contributed by atoms with E-state index in [4.69, 9.17) is 0 Å². The highest BCUT2D eigenvalue weighted by atomic mass is 32.1. The minimum absolute atomic E-state index is 0.0708. The van der Waals surface area contributed by atoms with Crippen LogP contribution in [0.1, 0.15) is 38.0 Å². The molecule has 0 fully saturated rings. The molecule has 0 atom stereocenters. The van der Waals surface area contributed by atoms with E-state index in [0.717, 1.165) is 46.8 Å². The summed E-state index contributed by atoms with van der Waals surface area (Å²) >= 11 is 1.54. The van der Waals surface area contributed by atoms with Crippen LogP contribution in [0.15, 0.2) is 41.5 Å². The fourth-order valence-electron chi connectivity index (χ4n) is 3.52. The quantitative estimate of drug-likeness (QED) is 0.563. The van der Waals surface area contributed by atoms with Crippen molar-refractivity contribution in [2.75, 3.05) is 13.1 Å². The number of aryl methyl sites for hydroxylation is 2. The molecule has 1 amide bonds. The molecule has 2 heterocycles. The summed E-state index contributed by atoms with van der Waals surface area (Å²) in [4.78, 5) is 34.0. The van der Waals surface area contributed by atoms with Crippen LogP contribution in [0.25, 0.3) is 21.3 Å². The second kappa shape index (κ2) is 9.15. The lowest BCUT2D eigenvalue weighted by molar-refractivity contribution is -0.131. The Labute approximate surface area is 169 Å². The third-order valence-electron chi connectivity index (χ3n) is 4.82. The van der Waals surface area contributed by atoms with Crippen LogP contribution in [0.5, 0.6) is 0 Å². The van der Waals surface area contributed by atoms with Gasteiger partial charge in [-0.2, -0.15) is 0 Å². The molecule has 3 aromatic rings. The number of amides is 1. The zero-order chi connectivity index (χ0) is 20.1. The second-order valence-electron chi connectivity index (χ2n) is 6.95. The number of carbonyl (C=O) groups is 1. The van der Waals surface area contributed by atoms with Crippen LogP contribution in [0.4, 0.5) is 0 Å². The van der Waals surface area contributed by atoms with Gasteiger partial charge >= 0.3 is 0 Å². The first-order valence-corrected chi connectivity index (χ1v) is 10.7. The molecule has 0 aliphatic carbocycles. The molecule has 0 N–H and O–H groups in total.